The van der Waals surface area contributed by atoms with Crippen LogP contribution in [0.3, 0.4) is 0 Å². The topological polar surface area (TPSA) is 79.7 Å². The van der Waals surface area contributed by atoms with E-state index in [9.17, 15) is 8.42 Å². The van der Waals surface area contributed by atoms with Crippen molar-refractivity contribution in [2.24, 2.45) is 0 Å². The van der Waals surface area contributed by atoms with Gasteiger partial charge in [-0.25, -0.2) is 17.4 Å². The lowest BCUT2D eigenvalue weighted by Gasteiger charge is -2.19. The highest BCUT2D eigenvalue weighted by Crippen LogP contribution is 2.34. The number of nitrogens with zero attached hydrogens (tertiary/aromatic N) is 2. The van der Waals surface area contributed by atoms with Crippen molar-refractivity contribution >= 4 is 21.1 Å². The highest BCUT2D eigenvalue weighted by atomic mass is 32.2. The molecule has 0 spiro atoms. The first-order chi connectivity index (χ1) is 15.1. The van der Waals surface area contributed by atoms with Crippen molar-refractivity contribution in [1.29, 1.82) is 0 Å². The summed E-state index contributed by atoms with van der Waals surface area (Å²) in [7, 11) is -2.36. The molecule has 0 N–H and O–H groups in total. The lowest BCUT2D eigenvalue weighted by molar-refractivity contribution is 0.171. The summed E-state index contributed by atoms with van der Waals surface area (Å²) < 4.78 is 45.4. The van der Waals surface area contributed by atoms with Gasteiger partial charge in [0.05, 0.1) is 23.0 Å². The van der Waals surface area contributed by atoms with Crippen LogP contribution in [0.25, 0.3) is 11.0 Å². The monoisotopic (exact) mass is 436 g/mol. The highest BCUT2D eigenvalue weighted by molar-refractivity contribution is 7.90. The second kappa shape index (κ2) is 7.63. The standard InChI is InChI=1S/C23H20N2O5S/c1-28-20-9-5-2-6-16(20)14-23-24-18-7-3-4-8-19(18)25(23)31(26,27)17-10-11-21-22(15-17)30-13-12-29-21/h2-11,15H,12-14H2,1H3. The predicted molar refractivity (Wildman–Crippen MR) is 116 cm³/mol. The van der Waals surface area contributed by atoms with Gasteiger partial charge < -0.3 is 14.2 Å². The van der Waals surface area contributed by atoms with E-state index in [1.807, 2.05) is 30.3 Å². The minimum absolute atomic E-state index is 0.112. The number of para-hydroxylation sites is 3. The molecule has 0 radical (unpaired) electrons. The van der Waals surface area contributed by atoms with E-state index in [1.54, 1.807) is 31.4 Å². The zero-order chi connectivity index (χ0) is 21.4. The van der Waals surface area contributed by atoms with E-state index >= 15 is 0 Å². The predicted octanol–water partition coefficient (Wildman–Crippen LogP) is 3.64. The molecule has 0 atom stereocenters. The normalized spacial score (nSPS) is 13.3. The van der Waals surface area contributed by atoms with Crippen LogP contribution in [0, 0.1) is 0 Å². The number of methoxy groups -OCH3 is 1. The third-order valence-corrected chi connectivity index (χ3v) is 6.92. The van der Waals surface area contributed by atoms with Crippen molar-refractivity contribution in [3.05, 3.63) is 78.1 Å². The Morgan fingerprint density at radius 3 is 2.55 bits per heavy atom. The zero-order valence-electron chi connectivity index (χ0n) is 16.8. The molecule has 0 saturated carbocycles. The molecule has 8 heteroatoms. The van der Waals surface area contributed by atoms with E-state index in [0.717, 1.165) is 5.56 Å². The zero-order valence-corrected chi connectivity index (χ0v) is 17.6. The molecule has 7 nitrogen and oxygen atoms in total. The molecule has 158 valence electrons. The Balaban J connectivity index is 1.67. The van der Waals surface area contributed by atoms with Gasteiger partial charge in [-0.05, 0) is 30.3 Å². The number of benzene rings is 3. The molecule has 2 heterocycles. The van der Waals surface area contributed by atoms with Gasteiger partial charge >= 0.3 is 0 Å². The molecule has 1 aliphatic heterocycles. The van der Waals surface area contributed by atoms with Crippen LogP contribution in [0.15, 0.2) is 71.6 Å². The van der Waals surface area contributed by atoms with Crippen molar-refractivity contribution in [2.45, 2.75) is 11.3 Å². The fourth-order valence-corrected chi connectivity index (χ4v) is 5.25. The number of hydrogen-bond donors (Lipinski definition) is 0. The van der Waals surface area contributed by atoms with Crippen LogP contribution in [-0.4, -0.2) is 37.7 Å². The van der Waals surface area contributed by atoms with E-state index in [1.165, 1.54) is 16.1 Å². The minimum Gasteiger partial charge on any atom is -0.496 e. The van der Waals surface area contributed by atoms with E-state index in [4.69, 9.17) is 14.2 Å². The number of imidazole rings is 1. The van der Waals surface area contributed by atoms with Gasteiger partial charge in [0.1, 0.15) is 24.8 Å². The summed E-state index contributed by atoms with van der Waals surface area (Å²) in [5.74, 6) is 2.04. The maximum absolute atomic E-state index is 13.8. The van der Waals surface area contributed by atoms with Gasteiger partial charge in [0, 0.05) is 18.1 Å². The van der Waals surface area contributed by atoms with Crippen LogP contribution in [0.4, 0.5) is 0 Å². The van der Waals surface area contributed by atoms with Crippen LogP contribution in [0.1, 0.15) is 11.4 Å². The Bertz CT molecular complexity index is 1380. The number of fused-ring (bicyclic) bond motifs is 2. The molecule has 3 aromatic carbocycles. The van der Waals surface area contributed by atoms with Gasteiger partial charge in [-0.1, -0.05) is 30.3 Å². The molecule has 0 fully saturated rings. The molecule has 4 aromatic rings. The molecular formula is C23H20N2O5S. The number of ether oxygens (including phenoxy) is 3. The maximum atomic E-state index is 13.8. The maximum Gasteiger partial charge on any atom is 0.269 e. The third kappa shape index (κ3) is 3.38. The van der Waals surface area contributed by atoms with E-state index in [2.05, 4.69) is 4.98 Å². The van der Waals surface area contributed by atoms with Gasteiger partial charge in [-0.2, -0.15) is 0 Å². The summed E-state index contributed by atoms with van der Waals surface area (Å²) >= 11 is 0. The fourth-order valence-electron chi connectivity index (χ4n) is 3.74. The molecular weight excluding hydrogens is 416 g/mol. The molecule has 0 amide bonds. The van der Waals surface area contributed by atoms with Gasteiger partial charge in [0.25, 0.3) is 10.0 Å². The van der Waals surface area contributed by atoms with Gasteiger partial charge in [0.2, 0.25) is 0 Å². The van der Waals surface area contributed by atoms with Crippen LogP contribution in [0.5, 0.6) is 17.2 Å². The third-order valence-electron chi connectivity index (χ3n) is 5.18. The van der Waals surface area contributed by atoms with E-state index in [0.29, 0.717) is 53.7 Å². The lowest BCUT2D eigenvalue weighted by atomic mass is 10.1. The molecule has 5 rings (SSSR count). The van der Waals surface area contributed by atoms with Gasteiger partial charge in [0.15, 0.2) is 11.5 Å². The lowest BCUT2D eigenvalue weighted by Crippen LogP contribution is -2.19. The van der Waals surface area contributed by atoms with Crippen molar-refractivity contribution in [3.63, 3.8) is 0 Å². The quantitative estimate of drug-likeness (QED) is 0.475. The van der Waals surface area contributed by atoms with Crippen molar-refractivity contribution in [2.75, 3.05) is 20.3 Å². The number of aromatic nitrogens is 2. The molecule has 1 aromatic heterocycles. The van der Waals surface area contributed by atoms with E-state index < -0.39 is 10.0 Å². The first-order valence-electron chi connectivity index (χ1n) is 9.81. The molecule has 0 bridgehead atoms. The number of hydrogen-bond acceptors (Lipinski definition) is 6. The average Bonchev–Trinajstić information content (AvgIpc) is 3.17. The average molecular weight is 436 g/mol. The summed E-state index contributed by atoms with van der Waals surface area (Å²) in [6.07, 6.45) is 0.294. The second-order valence-electron chi connectivity index (χ2n) is 7.08. The minimum atomic E-state index is -3.95. The van der Waals surface area contributed by atoms with E-state index in [-0.39, 0.29) is 4.90 Å². The van der Waals surface area contributed by atoms with Gasteiger partial charge in [-0.3, -0.25) is 0 Å². The summed E-state index contributed by atoms with van der Waals surface area (Å²) in [4.78, 5) is 4.75. The Morgan fingerprint density at radius 1 is 0.968 bits per heavy atom. The van der Waals surface area contributed by atoms with Crippen LogP contribution in [-0.2, 0) is 16.4 Å². The summed E-state index contributed by atoms with van der Waals surface area (Å²) in [5, 5.41) is 0. The smallest absolute Gasteiger partial charge is 0.269 e. The van der Waals surface area contributed by atoms with Crippen LogP contribution >= 0.6 is 0 Å². The summed E-state index contributed by atoms with van der Waals surface area (Å²) in [6.45, 7) is 0.817. The van der Waals surface area contributed by atoms with Crippen molar-refractivity contribution in [1.82, 2.24) is 8.96 Å². The Kier molecular flexibility index (Phi) is 4.78. The summed E-state index contributed by atoms with van der Waals surface area (Å²) in [6, 6.07) is 19.4. The highest BCUT2D eigenvalue weighted by Gasteiger charge is 2.26. The second-order valence-corrected chi connectivity index (χ2v) is 8.87. The van der Waals surface area contributed by atoms with Crippen molar-refractivity contribution < 1.29 is 22.6 Å². The van der Waals surface area contributed by atoms with Crippen LogP contribution < -0.4 is 14.2 Å². The molecule has 1 aliphatic rings. The van der Waals surface area contributed by atoms with Crippen LogP contribution in [0.2, 0.25) is 0 Å². The largest absolute Gasteiger partial charge is 0.496 e. The molecule has 31 heavy (non-hydrogen) atoms. The summed E-state index contributed by atoms with van der Waals surface area (Å²) in [5.41, 5.74) is 1.97. The number of rotatable bonds is 5. The molecule has 0 unspecified atom stereocenters. The van der Waals surface area contributed by atoms with Gasteiger partial charge in [-0.15, -0.1) is 0 Å². The first-order valence-corrected chi connectivity index (χ1v) is 11.3. The Labute approximate surface area is 179 Å². The first kappa shape index (κ1) is 19.4. The molecule has 0 saturated heterocycles. The SMILES string of the molecule is COc1ccccc1Cc1nc2ccccc2n1S(=O)(=O)c1ccc2c(c1)OCCO2. The van der Waals surface area contributed by atoms with Crippen molar-refractivity contribution in [3.8, 4) is 17.2 Å². The Hall–Kier alpha value is -3.52. The fraction of sp³-hybridized carbons (Fsp3) is 0.174. The Morgan fingerprint density at radius 2 is 1.71 bits per heavy atom. The molecule has 0 aliphatic carbocycles.